The summed E-state index contributed by atoms with van der Waals surface area (Å²) in [4.78, 5) is 11.4. The van der Waals surface area contributed by atoms with Gasteiger partial charge in [0.15, 0.2) is 16.6 Å². The zero-order chi connectivity index (χ0) is 27.1. The maximum absolute atomic E-state index is 11.4. The van der Waals surface area contributed by atoms with Crippen molar-refractivity contribution in [3.8, 4) is 0 Å². The predicted molar refractivity (Wildman–Crippen MR) is 154 cm³/mol. The van der Waals surface area contributed by atoms with Crippen LogP contribution in [0.4, 0.5) is 0 Å². The minimum absolute atomic E-state index is 0.0728. The largest absolute Gasteiger partial charge is 0.416 e. The highest BCUT2D eigenvalue weighted by atomic mass is 28.4. The Kier molecular flexibility index (Phi) is 11.8. The highest BCUT2D eigenvalue weighted by Crippen LogP contribution is 2.41. The third-order valence-electron chi connectivity index (χ3n) is 8.14. The van der Waals surface area contributed by atoms with Crippen molar-refractivity contribution in [2.24, 2.45) is 11.8 Å². The Labute approximate surface area is 218 Å². The Morgan fingerprint density at radius 3 is 1.94 bits per heavy atom. The van der Waals surface area contributed by atoms with Gasteiger partial charge in [0.25, 0.3) is 0 Å². The number of rotatable bonds is 13. The van der Waals surface area contributed by atoms with Gasteiger partial charge < -0.3 is 13.6 Å². The maximum Gasteiger partial charge on any atom is 0.192 e. The maximum atomic E-state index is 11.4. The van der Waals surface area contributed by atoms with E-state index in [1.54, 1.807) is 6.08 Å². The lowest BCUT2D eigenvalue weighted by Gasteiger charge is -2.43. The van der Waals surface area contributed by atoms with Crippen LogP contribution in [0.15, 0.2) is 42.0 Å². The van der Waals surface area contributed by atoms with Crippen LogP contribution in [0.2, 0.25) is 36.3 Å². The topological polar surface area (TPSA) is 44.8 Å². The van der Waals surface area contributed by atoms with E-state index in [0.717, 1.165) is 17.4 Å². The second kappa shape index (κ2) is 13.0. The number of benzene rings is 1. The van der Waals surface area contributed by atoms with E-state index in [-0.39, 0.29) is 28.0 Å². The third-order valence-corrected chi connectivity index (χ3v) is 17.1. The second-order valence-corrected chi connectivity index (χ2v) is 22.6. The van der Waals surface area contributed by atoms with Crippen molar-refractivity contribution in [2.45, 2.75) is 104 Å². The van der Waals surface area contributed by atoms with Gasteiger partial charge >= 0.3 is 0 Å². The number of carbonyl (C=O) groups excluding carboxylic acids is 1. The van der Waals surface area contributed by atoms with E-state index >= 15 is 0 Å². The molecule has 1 aromatic rings. The first-order valence-corrected chi connectivity index (χ1v) is 18.8. The van der Waals surface area contributed by atoms with Crippen molar-refractivity contribution in [3.05, 3.63) is 47.5 Å². The fourth-order valence-corrected chi connectivity index (χ4v) is 5.80. The zero-order valence-electron chi connectivity index (χ0n) is 24.5. The van der Waals surface area contributed by atoms with Crippen LogP contribution in [-0.4, -0.2) is 42.2 Å². The normalized spacial score (nSPS) is 16.6. The molecule has 0 aliphatic heterocycles. The summed E-state index contributed by atoms with van der Waals surface area (Å²) in [5.74, 6) is 0.262. The minimum Gasteiger partial charge on any atom is -0.416 e. The summed E-state index contributed by atoms with van der Waals surface area (Å²) < 4.78 is 19.9. The average Bonchev–Trinajstić information content (AvgIpc) is 2.73. The SMILES string of the molecule is C/C(=C\C=O)[C@@H](O[Si](C)(C)C(C)(C)C)[C@@H](C)[C@H](COCc1ccccc1)CO[Si](C)(C)C(C)(C)C. The number of ether oxygens (including phenoxy) is 1. The van der Waals surface area contributed by atoms with Gasteiger partial charge in [0.2, 0.25) is 0 Å². The summed E-state index contributed by atoms with van der Waals surface area (Å²) in [6.45, 7) is 28.7. The smallest absolute Gasteiger partial charge is 0.192 e. The van der Waals surface area contributed by atoms with Gasteiger partial charge in [-0.25, -0.2) is 0 Å². The Morgan fingerprint density at radius 2 is 1.46 bits per heavy atom. The van der Waals surface area contributed by atoms with Crippen LogP contribution in [0, 0.1) is 11.8 Å². The molecule has 6 heteroatoms. The number of allylic oxidation sites excluding steroid dienone is 1. The number of hydrogen-bond donors (Lipinski definition) is 0. The van der Waals surface area contributed by atoms with Gasteiger partial charge in [-0.1, -0.05) is 78.8 Å². The van der Waals surface area contributed by atoms with E-state index in [1.807, 2.05) is 25.1 Å². The number of carbonyl (C=O) groups is 1. The molecule has 0 heterocycles. The lowest BCUT2D eigenvalue weighted by molar-refractivity contribution is -0.104. The molecule has 4 nitrogen and oxygen atoms in total. The van der Waals surface area contributed by atoms with Crippen LogP contribution in [-0.2, 0) is 25.0 Å². The van der Waals surface area contributed by atoms with Gasteiger partial charge in [0.05, 0.1) is 19.3 Å². The first-order valence-electron chi connectivity index (χ1n) is 13.0. The fraction of sp³-hybridized carbons (Fsp3) is 0.690. The summed E-state index contributed by atoms with van der Waals surface area (Å²) in [6.07, 6.45) is 2.37. The van der Waals surface area contributed by atoms with E-state index < -0.39 is 16.6 Å². The molecular weight excluding hydrogens is 468 g/mol. The quantitative estimate of drug-likeness (QED) is 0.150. The number of hydrogen-bond acceptors (Lipinski definition) is 4. The van der Waals surface area contributed by atoms with Crippen LogP contribution in [0.5, 0.6) is 0 Å². The molecule has 0 radical (unpaired) electrons. The molecule has 0 N–H and O–H groups in total. The van der Waals surface area contributed by atoms with E-state index in [9.17, 15) is 4.79 Å². The van der Waals surface area contributed by atoms with Crippen LogP contribution >= 0.6 is 0 Å². The van der Waals surface area contributed by atoms with Crippen molar-refractivity contribution >= 4 is 22.9 Å². The Morgan fingerprint density at radius 1 is 0.914 bits per heavy atom. The van der Waals surface area contributed by atoms with E-state index in [2.05, 4.69) is 86.8 Å². The monoisotopic (exact) mass is 520 g/mol. The molecule has 0 saturated heterocycles. The molecule has 1 rings (SSSR count). The molecule has 3 atom stereocenters. The summed E-state index contributed by atoms with van der Waals surface area (Å²) in [6, 6.07) is 10.3. The first-order chi connectivity index (χ1) is 15.9. The van der Waals surface area contributed by atoms with Crippen molar-refractivity contribution in [1.82, 2.24) is 0 Å². The highest BCUT2D eigenvalue weighted by molar-refractivity contribution is 6.74. The van der Waals surface area contributed by atoms with Gasteiger partial charge in [-0.15, -0.1) is 0 Å². The van der Waals surface area contributed by atoms with Crippen LogP contribution < -0.4 is 0 Å². The minimum atomic E-state index is -2.07. The molecule has 200 valence electrons. The molecule has 0 fully saturated rings. The fourth-order valence-electron chi connectivity index (χ4n) is 3.34. The molecule has 0 amide bonds. The van der Waals surface area contributed by atoms with Gasteiger partial charge in [0.1, 0.15) is 6.29 Å². The molecule has 0 saturated carbocycles. The first kappa shape index (κ1) is 32.0. The molecule has 0 unspecified atom stereocenters. The molecule has 1 aromatic carbocycles. The Hall–Kier alpha value is -1.06. The molecule has 0 aliphatic carbocycles. The summed E-state index contributed by atoms with van der Waals surface area (Å²) in [5, 5.41) is 0.208. The molecular formula is C29H52O4Si2. The van der Waals surface area contributed by atoms with Crippen molar-refractivity contribution in [3.63, 3.8) is 0 Å². The van der Waals surface area contributed by atoms with Crippen LogP contribution in [0.25, 0.3) is 0 Å². The molecule has 0 spiro atoms. The van der Waals surface area contributed by atoms with Gasteiger partial charge in [0, 0.05) is 12.5 Å². The molecule has 0 bridgehead atoms. The molecule has 0 aliphatic rings. The Balaban J connectivity index is 3.21. The van der Waals surface area contributed by atoms with E-state index in [4.69, 9.17) is 13.6 Å². The number of aldehydes is 1. The lowest BCUT2D eigenvalue weighted by atomic mass is 9.87. The van der Waals surface area contributed by atoms with E-state index in [1.165, 1.54) is 0 Å². The van der Waals surface area contributed by atoms with Crippen molar-refractivity contribution < 1.29 is 18.4 Å². The zero-order valence-corrected chi connectivity index (χ0v) is 26.5. The standard InChI is InChI=1S/C29H52O4Si2/c1-23(18-19-30)27(33-35(11,12)29(6,7)8)24(2)26(22-32-34(9,10)28(3,4)5)21-31-20-25-16-14-13-15-17-25/h13-19,24,26-27H,20-22H2,1-12H3/b23-18+/t24-,26+,27+/m0/s1. The molecule has 35 heavy (non-hydrogen) atoms. The predicted octanol–water partition coefficient (Wildman–Crippen LogP) is 8.01. The third kappa shape index (κ3) is 9.73. The highest BCUT2D eigenvalue weighted by Gasteiger charge is 2.43. The summed E-state index contributed by atoms with van der Waals surface area (Å²) >= 11 is 0. The van der Waals surface area contributed by atoms with Crippen molar-refractivity contribution in [2.75, 3.05) is 13.2 Å². The summed E-state index contributed by atoms with van der Waals surface area (Å²) in [7, 11) is -4.00. The Bertz CT molecular complexity index is 804. The summed E-state index contributed by atoms with van der Waals surface area (Å²) in [5.41, 5.74) is 2.13. The van der Waals surface area contributed by atoms with E-state index in [0.29, 0.717) is 19.8 Å². The van der Waals surface area contributed by atoms with Crippen molar-refractivity contribution in [1.29, 1.82) is 0 Å². The average molecular weight is 521 g/mol. The van der Waals surface area contributed by atoms with Crippen LogP contribution in [0.1, 0.15) is 61.0 Å². The van der Waals surface area contributed by atoms with Gasteiger partial charge in [-0.05, 0) is 66.3 Å². The second-order valence-electron chi connectivity index (χ2n) is 13.0. The lowest BCUT2D eigenvalue weighted by Crippen LogP contribution is -2.48. The van der Waals surface area contributed by atoms with Gasteiger partial charge in [-0.3, -0.25) is 4.79 Å². The molecule has 0 aromatic heterocycles. The van der Waals surface area contributed by atoms with Gasteiger partial charge in [-0.2, -0.15) is 0 Å². The van der Waals surface area contributed by atoms with Crippen LogP contribution in [0.3, 0.4) is 0 Å².